The highest BCUT2D eigenvalue weighted by atomic mass is 32.2. The largest absolute Gasteiger partial charge is 0.493 e. The highest BCUT2D eigenvalue weighted by molar-refractivity contribution is 7.89. The predicted molar refractivity (Wildman–Crippen MR) is 107 cm³/mol. The number of hydrogen-bond donors (Lipinski definition) is 1. The number of sulfonamides is 1. The number of carbonyl (C=O) groups is 1. The zero-order valence-electron chi connectivity index (χ0n) is 16.4. The van der Waals surface area contributed by atoms with Gasteiger partial charge in [0.25, 0.3) is 10.0 Å². The second-order valence-corrected chi connectivity index (χ2v) is 9.02. The lowest BCUT2D eigenvalue weighted by Crippen LogP contribution is -2.58. The molecular formula is C21H26FN2O4S+. The van der Waals surface area contributed by atoms with E-state index in [-0.39, 0.29) is 15.3 Å². The van der Waals surface area contributed by atoms with Gasteiger partial charge in [-0.25, -0.2) is 17.4 Å². The van der Waals surface area contributed by atoms with E-state index in [0.29, 0.717) is 44.0 Å². The average molecular weight is 422 g/mol. The van der Waals surface area contributed by atoms with Crippen LogP contribution >= 0.6 is 0 Å². The van der Waals surface area contributed by atoms with Gasteiger partial charge in [-0.15, -0.1) is 0 Å². The van der Waals surface area contributed by atoms with Crippen LogP contribution in [0.5, 0.6) is 5.75 Å². The topological polar surface area (TPSA) is 72.5 Å². The molecule has 29 heavy (non-hydrogen) atoms. The summed E-state index contributed by atoms with van der Waals surface area (Å²) >= 11 is 0. The first kappa shape index (κ1) is 21.4. The van der Waals surface area contributed by atoms with E-state index in [1.54, 1.807) is 24.3 Å². The molecule has 6 nitrogen and oxygen atoms in total. The minimum atomic E-state index is -3.82. The van der Waals surface area contributed by atoms with Crippen molar-refractivity contribution in [2.75, 3.05) is 26.2 Å². The number of ether oxygens (including phenoxy) is 1. The molecule has 1 fully saturated rings. The first-order chi connectivity index (χ1) is 13.8. The third-order valence-electron chi connectivity index (χ3n) is 5.10. The fourth-order valence-corrected chi connectivity index (χ4v) is 5.00. The Morgan fingerprint density at radius 1 is 1.14 bits per heavy atom. The summed E-state index contributed by atoms with van der Waals surface area (Å²) in [5, 5.41) is 0. The number of nitrogens with zero attached hydrogens (tertiary/aromatic N) is 1. The van der Waals surface area contributed by atoms with Crippen molar-refractivity contribution in [3.63, 3.8) is 0 Å². The van der Waals surface area contributed by atoms with Crippen molar-refractivity contribution in [3.05, 3.63) is 59.9 Å². The molecule has 8 heteroatoms. The van der Waals surface area contributed by atoms with Gasteiger partial charge in [-0.1, -0.05) is 10.9 Å². The van der Waals surface area contributed by atoms with Gasteiger partial charge in [0.15, 0.2) is 5.78 Å². The summed E-state index contributed by atoms with van der Waals surface area (Å²) in [6.07, 6.45) is 2.51. The van der Waals surface area contributed by atoms with Crippen LogP contribution in [0.2, 0.25) is 0 Å². The number of carbonyl (C=O) groups excluding carboxylic acids is 1. The Morgan fingerprint density at radius 3 is 2.45 bits per heavy atom. The maximum Gasteiger partial charge on any atom is 0.282 e. The smallest absolute Gasteiger partial charge is 0.282 e. The van der Waals surface area contributed by atoms with Crippen molar-refractivity contribution in [2.45, 2.75) is 31.1 Å². The van der Waals surface area contributed by atoms with Crippen LogP contribution in [0.1, 0.15) is 36.5 Å². The Morgan fingerprint density at radius 2 is 1.83 bits per heavy atom. The molecule has 1 aliphatic heterocycles. The Bertz CT molecular complexity index is 955. The van der Waals surface area contributed by atoms with Gasteiger partial charge in [-0.3, -0.25) is 4.79 Å². The fraction of sp³-hybridized carbons (Fsp3) is 0.381. The third kappa shape index (κ3) is 5.62. The summed E-state index contributed by atoms with van der Waals surface area (Å²) in [5.74, 6) is 0.0935. The molecule has 1 aliphatic rings. The van der Waals surface area contributed by atoms with E-state index >= 15 is 0 Å². The lowest BCUT2D eigenvalue weighted by molar-refractivity contribution is -0.945. The number of likely N-dealkylation sites (tertiary alicyclic amines) is 1. The van der Waals surface area contributed by atoms with Gasteiger partial charge in [0.1, 0.15) is 18.1 Å². The zero-order chi connectivity index (χ0) is 20.9. The number of quaternary nitrogens is 1. The first-order valence-corrected chi connectivity index (χ1v) is 11.2. The van der Waals surface area contributed by atoms with E-state index in [9.17, 15) is 17.6 Å². The Labute approximate surface area is 170 Å². The van der Waals surface area contributed by atoms with Crippen LogP contribution in [0.3, 0.4) is 0 Å². The number of Topliss-reactive ketones (excluding diaryl/α,β-unsaturated/α-hetero) is 1. The summed E-state index contributed by atoms with van der Waals surface area (Å²) in [5.41, 5.74) is 0.630. The molecule has 0 radical (unpaired) electrons. The molecule has 0 aliphatic carbocycles. The number of rotatable bonds is 9. The number of nitrogens with one attached hydrogen (secondary N) is 1. The van der Waals surface area contributed by atoms with Gasteiger partial charge in [0.05, 0.1) is 24.6 Å². The van der Waals surface area contributed by atoms with Crippen LogP contribution in [0.4, 0.5) is 4.39 Å². The van der Waals surface area contributed by atoms with Gasteiger partial charge in [0.2, 0.25) is 0 Å². The monoisotopic (exact) mass is 421 g/mol. The molecule has 2 aromatic rings. The standard InChI is InChI=1S/C21H26FN2O4S/c1-17(25)18-8-10-20(11-9-18)28-15-5-14-24(12-2-3-13-24)23-29(26,27)21-7-4-6-19(22)16-21/h4,6-11,16,23H,2-3,5,12-15H2,1H3/q+1. The van der Waals surface area contributed by atoms with Crippen molar-refractivity contribution in [1.29, 1.82) is 0 Å². The molecule has 1 saturated heterocycles. The quantitative estimate of drug-likeness (QED) is 0.383. The van der Waals surface area contributed by atoms with E-state index in [1.165, 1.54) is 25.1 Å². The van der Waals surface area contributed by atoms with E-state index in [2.05, 4.69) is 4.83 Å². The highest BCUT2D eigenvalue weighted by Crippen LogP contribution is 2.21. The molecule has 0 atom stereocenters. The van der Waals surface area contributed by atoms with E-state index < -0.39 is 15.8 Å². The van der Waals surface area contributed by atoms with E-state index in [4.69, 9.17) is 4.74 Å². The number of halogens is 1. The molecule has 156 valence electrons. The molecule has 0 amide bonds. The van der Waals surface area contributed by atoms with Crippen molar-refractivity contribution in [3.8, 4) is 5.75 Å². The Hall–Kier alpha value is -2.29. The van der Waals surface area contributed by atoms with Crippen molar-refractivity contribution < 1.29 is 26.9 Å². The zero-order valence-corrected chi connectivity index (χ0v) is 17.3. The molecular weight excluding hydrogens is 395 g/mol. The molecule has 0 bridgehead atoms. The van der Waals surface area contributed by atoms with Crippen LogP contribution in [0.15, 0.2) is 53.4 Å². The minimum Gasteiger partial charge on any atom is -0.493 e. The third-order valence-corrected chi connectivity index (χ3v) is 6.60. The van der Waals surface area contributed by atoms with Crippen LogP contribution in [-0.4, -0.2) is 45.0 Å². The van der Waals surface area contributed by atoms with E-state index in [0.717, 1.165) is 18.9 Å². The molecule has 0 unspecified atom stereocenters. The summed E-state index contributed by atoms with van der Waals surface area (Å²) in [6, 6.07) is 12.0. The molecule has 0 saturated carbocycles. The van der Waals surface area contributed by atoms with Gasteiger partial charge in [-0.2, -0.15) is 0 Å². The van der Waals surface area contributed by atoms with Gasteiger partial charge < -0.3 is 4.74 Å². The lowest BCUT2D eigenvalue weighted by Gasteiger charge is -2.33. The van der Waals surface area contributed by atoms with E-state index in [1.807, 2.05) is 0 Å². The predicted octanol–water partition coefficient (Wildman–Crippen LogP) is 3.30. The Balaban J connectivity index is 1.58. The number of hydrogen-bond acceptors (Lipinski definition) is 4. The summed E-state index contributed by atoms with van der Waals surface area (Å²) in [4.78, 5) is 14.0. The lowest BCUT2D eigenvalue weighted by atomic mass is 10.1. The number of ketones is 1. The van der Waals surface area contributed by atoms with Gasteiger partial charge in [0, 0.05) is 24.8 Å². The summed E-state index contributed by atoms with van der Waals surface area (Å²) in [7, 11) is -3.82. The highest BCUT2D eigenvalue weighted by Gasteiger charge is 2.37. The fourth-order valence-electron chi connectivity index (χ4n) is 3.59. The summed E-state index contributed by atoms with van der Waals surface area (Å²) in [6.45, 7) is 3.92. The molecule has 1 N–H and O–H groups in total. The molecule has 3 rings (SSSR count). The molecule has 2 aromatic carbocycles. The SMILES string of the molecule is CC(=O)c1ccc(OCCC[N+]2(NS(=O)(=O)c3cccc(F)c3)CCCC2)cc1. The summed E-state index contributed by atoms with van der Waals surface area (Å²) < 4.78 is 44.9. The second kappa shape index (κ2) is 9.02. The van der Waals surface area contributed by atoms with Crippen molar-refractivity contribution in [1.82, 2.24) is 4.83 Å². The number of benzene rings is 2. The van der Waals surface area contributed by atoms with Crippen molar-refractivity contribution >= 4 is 15.8 Å². The van der Waals surface area contributed by atoms with Crippen LogP contribution in [0.25, 0.3) is 0 Å². The van der Waals surface area contributed by atoms with Gasteiger partial charge in [-0.05, 0) is 49.4 Å². The van der Waals surface area contributed by atoms with Gasteiger partial charge >= 0.3 is 0 Å². The minimum absolute atomic E-state index is 0.00241. The Kier molecular flexibility index (Phi) is 6.66. The van der Waals surface area contributed by atoms with Crippen LogP contribution in [-0.2, 0) is 10.0 Å². The van der Waals surface area contributed by atoms with Crippen molar-refractivity contribution in [2.24, 2.45) is 0 Å². The average Bonchev–Trinajstić information content (AvgIpc) is 3.13. The normalized spacial score (nSPS) is 15.9. The maximum absolute atomic E-state index is 13.5. The first-order valence-electron chi connectivity index (χ1n) is 9.69. The molecule has 0 aromatic heterocycles. The molecule has 1 heterocycles. The van der Waals surface area contributed by atoms with Crippen LogP contribution in [0, 0.1) is 5.82 Å². The maximum atomic E-state index is 13.5. The second-order valence-electron chi connectivity index (χ2n) is 7.36. The van der Waals surface area contributed by atoms with Crippen LogP contribution < -0.4 is 9.57 Å². The molecule has 0 spiro atoms.